The van der Waals surface area contributed by atoms with E-state index in [-0.39, 0.29) is 29.9 Å². The summed E-state index contributed by atoms with van der Waals surface area (Å²) < 4.78 is 5.12. The highest BCUT2D eigenvalue weighted by Gasteiger charge is 2.06. The average molecular weight is 474 g/mol. The minimum absolute atomic E-state index is 0. The number of ether oxygens (including phenoxy) is 1. The molecule has 0 saturated carbocycles. The molecular weight excluding hydrogens is 451 g/mol. The number of halogens is 1. The number of guanidine groups is 1. The summed E-state index contributed by atoms with van der Waals surface area (Å²) in [6, 6.07) is 9.14. The lowest BCUT2D eigenvalue weighted by Gasteiger charge is -2.12. The molecule has 3 N–H and O–H groups in total. The molecule has 1 aromatic carbocycles. The highest BCUT2D eigenvalue weighted by Crippen LogP contribution is 2.12. The van der Waals surface area contributed by atoms with E-state index in [0.29, 0.717) is 30.4 Å². The van der Waals surface area contributed by atoms with Gasteiger partial charge in [-0.3, -0.25) is 9.79 Å². The van der Waals surface area contributed by atoms with Gasteiger partial charge in [0.1, 0.15) is 5.75 Å². The number of methoxy groups -OCH3 is 1. The van der Waals surface area contributed by atoms with Gasteiger partial charge in [-0.05, 0) is 40.6 Å². The molecule has 2 rings (SSSR count). The summed E-state index contributed by atoms with van der Waals surface area (Å²) >= 11 is 1.67. The van der Waals surface area contributed by atoms with Gasteiger partial charge in [0.15, 0.2) is 5.96 Å². The Balaban J connectivity index is 0.00000312. The molecule has 1 amide bonds. The van der Waals surface area contributed by atoms with Gasteiger partial charge < -0.3 is 20.7 Å². The molecule has 0 aliphatic carbocycles. The number of benzene rings is 1. The first-order valence-corrected chi connectivity index (χ1v) is 8.55. The van der Waals surface area contributed by atoms with Crippen LogP contribution in [-0.4, -0.2) is 39.1 Å². The van der Waals surface area contributed by atoms with Crippen LogP contribution < -0.4 is 20.7 Å². The molecule has 0 atom stereocenters. The summed E-state index contributed by atoms with van der Waals surface area (Å²) in [6.07, 6.45) is 0. The second-order valence-electron chi connectivity index (χ2n) is 4.97. The van der Waals surface area contributed by atoms with Crippen molar-refractivity contribution in [2.75, 3.05) is 27.2 Å². The monoisotopic (exact) mass is 474 g/mol. The normalized spacial score (nSPS) is 10.6. The average Bonchev–Trinajstić information content (AvgIpc) is 3.14. The van der Waals surface area contributed by atoms with Crippen LogP contribution >= 0.6 is 35.3 Å². The van der Waals surface area contributed by atoms with Crippen LogP contribution in [0, 0.1) is 0 Å². The lowest BCUT2D eigenvalue weighted by atomic mass is 10.2. The Hall–Kier alpha value is -1.81. The molecule has 0 aliphatic heterocycles. The molecule has 8 heteroatoms. The Labute approximate surface area is 169 Å². The summed E-state index contributed by atoms with van der Waals surface area (Å²) in [5.41, 5.74) is 1.79. The lowest BCUT2D eigenvalue weighted by Crippen LogP contribution is -2.41. The smallest absolute Gasteiger partial charge is 0.251 e. The predicted molar refractivity (Wildman–Crippen MR) is 113 cm³/mol. The lowest BCUT2D eigenvalue weighted by molar-refractivity contribution is 0.0954. The third-order valence-corrected chi connectivity index (χ3v) is 4.03. The number of hydrogen-bond acceptors (Lipinski definition) is 4. The predicted octanol–water partition coefficient (Wildman–Crippen LogP) is 2.47. The van der Waals surface area contributed by atoms with Crippen LogP contribution in [0.15, 0.2) is 46.1 Å². The summed E-state index contributed by atoms with van der Waals surface area (Å²) in [7, 11) is 3.30. The first-order chi connectivity index (χ1) is 11.7. The number of carbonyl (C=O) groups excluding carboxylic acids is 1. The molecule has 0 radical (unpaired) electrons. The second-order valence-corrected chi connectivity index (χ2v) is 5.75. The van der Waals surface area contributed by atoms with E-state index >= 15 is 0 Å². The third kappa shape index (κ3) is 7.30. The molecule has 25 heavy (non-hydrogen) atoms. The number of thiophene rings is 1. The van der Waals surface area contributed by atoms with Gasteiger partial charge >= 0.3 is 0 Å². The van der Waals surface area contributed by atoms with Crippen LogP contribution in [0.5, 0.6) is 5.75 Å². The van der Waals surface area contributed by atoms with Gasteiger partial charge in [-0.25, -0.2) is 0 Å². The molecule has 1 aromatic heterocycles. The minimum atomic E-state index is -0.128. The molecule has 2 aromatic rings. The van der Waals surface area contributed by atoms with Crippen molar-refractivity contribution in [2.24, 2.45) is 4.99 Å². The van der Waals surface area contributed by atoms with Crippen molar-refractivity contribution in [2.45, 2.75) is 6.54 Å². The van der Waals surface area contributed by atoms with Crippen molar-refractivity contribution in [3.05, 3.63) is 52.2 Å². The molecule has 0 unspecified atom stereocenters. The molecule has 0 fully saturated rings. The fourth-order valence-electron chi connectivity index (χ4n) is 2.02. The summed E-state index contributed by atoms with van der Waals surface area (Å²) in [5.74, 6) is 1.24. The zero-order valence-corrected chi connectivity index (χ0v) is 17.4. The first-order valence-electron chi connectivity index (χ1n) is 7.60. The van der Waals surface area contributed by atoms with Crippen LogP contribution in [-0.2, 0) is 6.54 Å². The van der Waals surface area contributed by atoms with Crippen molar-refractivity contribution in [1.82, 2.24) is 16.0 Å². The summed E-state index contributed by atoms with van der Waals surface area (Å²) in [6.45, 7) is 1.80. The largest absolute Gasteiger partial charge is 0.497 e. The number of amides is 1. The Morgan fingerprint density at radius 3 is 2.68 bits per heavy atom. The van der Waals surface area contributed by atoms with Gasteiger partial charge in [-0.2, -0.15) is 11.3 Å². The molecule has 0 spiro atoms. The molecule has 1 heterocycles. The maximum absolute atomic E-state index is 12.1. The molecule has 0 aliphatic rings. The maximum Gasteiger partial charge on any atom is 0.251 e. The van der Waals surface area contributed by atoms with Gasteiger partial charge in [0, 0.05) is 32.2 Å². The van der Waals surface area contributed by atoms with E-state index in [4.69, 9.17) is 4.74 Å². The Morgan fingerprint density at radius 2 is 2.00 bits per heavy atom. The number of carbonyl (C=O) groups is 1. The highest BCUT2D eigenvalue weighted by atomic mass is 127. The Bertz CT molecular complexity index is 677. The fraction of sp³-hybridized carbons (Fsp3) is 0.294. The molecule has 0 bridgehead atoms. The zero-order valence-electron chi connectivity index (χ0n) is 14.2. The Kier molecular flexibility index (Phi) is 9.93. The quantitative estimate of drug-likeness (QED) is 0.250. The van der Waals surface area contributed by atoms with Gasteiger partial charge in [0.25, 0.3) is 5.91 Å². The summed E-state index contributed by atoms with van der Waals surface area (Å²) in [4.78, 5) is 16.2. The van der Waals surface area contributed by atoms with E-state index in [2.05, 4.69) is 32.4 Å². The SMILES string of the molecule is CN=C(NCCNC(=O)c1cccc(OC)c1)NCc1ccsc1.I. The highest BCUT2D eigenvalue weighted by molar-refractivity contribution is 14.0. The van der Waals surface area contributed by atoms with Crippen molar-refractivity contribution < 1.29 is 9.53 Å². The molecule has 0 saturated heterocycles. The van der Waals surface area contributed by atoms with Crippen molar-refractivity contribution >= 4 is 47.2 Å². The van der Waals surface area contributed by atoms with E-state index in [0.717, 1.165) is 6.54 Å². The van der Waals surface area contributed by atoms with Crippen LogP contribution in [0.2, 0.25) is 0 Å². The van der Waals surface area contributed by atoms with Gasteiger partial charge in [-0.1, -0.05) is 6.07 Å². The van der Waals surface area contributed by atoms with Crippen LogP contribution in [0.25, 0.3) is 0 Å². The van der Waals surface area contributed by atoms with E-state index in [1.807, 2.05) is 11.4 Å². The van der Waals surface area contributed by atoms with E-state index in [1.165, 1.54) is 5.56 Å². The fourth-order valence-corrected chi connectivity index (χ4v) is 2.69. The minimum Gasteiger partial charge on any atom is -0.497 e. The van der Waals surface area contributed by atoms with Crippen molar-refractivity contribution in [1.29, 1.82) is 0 Å². The number of nitrogens with zero attached hydrogens (tertiary/aromatic N) is 1. The summed E-state index contributed by atoms with van der Waals surface area (Å²) in [5, 5.41) is 13.4. The van der Waals surface area contributed by atoms with Crippen molar-refractivity contribution in [3.8, 4) is 5.75 Å². The molecule has 136 valence electrons. The standard InChI is InChI=1S/C17H22N4O2S.HI/c1-18-17(21-11-13-6-9-24-12-13)20-8-7-19-16(22)14-4-3-5-15(10-14)23-2;/h3-6,9-10,12H,7-8,11H2,1-2H3,(H,19,22)(H2,18,20,21);1H. The number of rotatable bonds is 7. The Morgan fingerprint density at radius 1 is 1.20 bits per heavy atom. The third-order valence-electron chi connectivity index (χ3n) is 3.30. The van der Waals surface area contributed by atoms with E-state index in [1.54, 1.807) is 43.7 Å². The first kappa shape index (κ1) is 21.2. The topological polar surface area (TPSA) is 74.8 Å². The van der Waals surface area contributed by atoms with E-state index in [9.17, 15) is 4.79 Å². The van der Waals surface area contributed by atoms with Gasteiger partial charge in [0.05, 0.1) is 7.11 Å². The van der Waals surface area contributed by atoms with Gasteiger partial charge in [0.2, 0.25) is 0 Å². The van der Waals surface area contributed by atoms with E-state index < -0.39 is 0 Å². The second kappa shape index (κ2) is 11.7. The van der Waals surface area contributed by atoms with Crippen LogP contribution in [0.3, 0.4) is 0 Å². The number of hydrogen-bond donors (Lipinski definition) is 3. The number of aliphatic imine (C=N–C) groups is 1. The number of nitrogens with one attached hydrogen (secondary N) is 3. The van der Waals surface area contributed by atoms with Gasteiger partial charge in [-0.15, -0.1) is 24.0 Å². The van der Waals surface area contributed by atoms with Crippen LogP contribution in [0.4, 0.5) is 0 Å². The maximum atomic E-state index is 12.1. The molecule has 6 nitrogen and oxygen atoms in total. The zero-order chi connectivity index (χ0) is 17.2. The van der Waals surface area contributed by atoms with Crippen LogP contribution in [0.1, 0.15) is 15.9 Å². The van der Waals surface area contributed by atoms with Crippen molar-refractivity contribution in [3.63, 3.8) is 0 Å². The molecular formula is C17H23IN4O2S.